The maximum Gasteiger partial charge on any atom is 0.158 e. The van der Waals surface area contributed by atoms with Crippen LogP contribution in [0.25, 0.3) is 27.6 Å². The number of hydrogen-bond donors (Lipinski definition) is 0. The molecule has 1 aliphatic heterocycles. The van der Waals surface area contributed by atoms with Crippen molar-refractivity contribution < 1.29 is 4.74 Å². The zero-order valence-corrected chi connectivity index (χ0v) is 17.6. The van der Waals surface area contributed by atoms with Gasteiger partial charge in [0, 0.05) is 10.8 Å². The lowest BCUT2D eigenvalue weighted by Crippen LogP contribution is -2.17. The molecule has 0 radical (unpaired) electrons. The highest BCUT2D eigenvalue weighted by Gasteiger charge is 2.26. The summed E-state index contributed by atoms with van der Waals surface area (Å²) in [6, 6.07) is 32.8. The van der Waals surface area contributed by atoms with Crippen molar-refractivity contribution in [3.8, 4) is 17.3 Å². The van der Waals surface area contributed by atoms with E-state index in [-0.39, 0.29) is 0 Å². The Kier molecular flexibility index (Phi) is 3.78. The quantitative estimate of drug-likeness (QED) is 0.294. The van der Waals surface area contributed by atoms with E-state index in [1.807, 2.05) is 54.7 Å². The van der Waals surface area contributed by atoms with Gasteiger partial charge < -0.3 is 4.74 Å². The van der Waals surface area contributed by atoms with Crippen LogP contribution >= 0.6 is 0 Å². The third-order valence-corrected chi connectivity index (χ3v) is 6.08. The van der Waals surface area contributed by atoms with Crippen LogP contribution in [-0.2, 0) is 0 Å². The molecule has 0 spiro atoms. The molecule has 2 aromatic heterocycles. The second kappa shape index (κ2) is 6.93. The maximum absolute atomic E-state index is 6.15. The summed E-state index contributed by atoms with van der Waals surface area (Å²) in [5.74, 6) is 3.09. The zero-order chi connectivity index (χ0) is 21.8. The fourth-order valence-electron chi connectivity index (χ4n) is 4.68. The van der Waals surface area contributed by atoms with Crippen molar-refractivity contribution in [2.45, 2.75) is 0 Å². The molecule has 5 heteroatoms. The molecule has 1 aliphatic rings. The van der Waals surface area contributed by atoms with Crippen LogP contribution < -0.4 is 9.64 Å². The lowest BCUT2D eigenvalue weighted by atomic mass is 10.1. The van der Waals surface area contributed by atoms with Gasteiger partial charge in [0.25, 0.3) is 0 Å². The lowest BCUT2D eigenvalue weighted by molar-refractivity contribution is 0.476. The molecule has 0 amide bonds. The highest BCUT2D eigenvalue weighted by atomic mass is 16.5. The third-order valence-electron chi connectivity index (χ3n) is 6.08. The Morgan fingerprint density at radius 2 is 1.06 bits per heavy atom. The van der Waals surface area contributed by atoms with Gasteiger partial charge in [0.1, 0.15) is 0 Å². The number of para-hydroxylation sites is 6. The average molecular weight is 426 g/mol. The van der Waals surface area contributed by atoms with Crippen LogP contribution in [-0.4, -0.2) is 14.5 Å². The molecule has 156 valence electrons. The predicted molar refractivity (Wildman–Crippen MR) is 131 cm³/mol. The van der Waals surface area contributed by atoms with E-state index in [1.165, 1.54) is 10.8 Å². The van der Waals surface area contributed by atoms with Gasteiger partial charge in [-0.15, -0.1) is 0 Å². The molecule has 33 heavy (non-hydrogen) atoms. The van der Waals surface area contributed by atoms with E-state index in [0.717, 1.165) is 45.5 Å². The van der Waals surface area contributed by atoms with E-state index < -0.39 is 0 Å². The Morgan fingerprint density at radius 1 is 0.545 bits per heavy atom. The molecule has 0 unspecified atom stereocenters. The SMILES string of the molecule is c1ccc2c(c1)Oc1ccccc1N2c1cncc(-n2c3ccccc3c3ccccc32)n1. The van der Waals surface area contributed by atoms with Crippen LogP contribution in [0.5, 0.6) is 11.5 Å². The molecule has 0 atom stereocenters. The minimum absolute atomic E-state index is 0.734. The molecule has 0 fully saturated rings. The molecular formula is C28H18N4O. The number of ether oxygens (including phenoxy) is 1. The van der Waals surface area contributed by atoms with Gasteiger partial charge in [-0.05, 0) is 36.4 Å². The van der Waals surface area contributed by atoms with Gasteiger partial charge in [-0.3, -0.25) is 14.5 Å². The molecule has 6 aromatic rings. The minimum Gasteiger partial charge on any atom is -0.453 e. The lowest BCUT2D eigenvalue weighted by Gasteiger charge is -2.31. The number of hydrogen-bond acceptors (Lipinski definition) is 4. The molecule has 0 saturated carbocycles. The summed E-state index contributed by atoms with van der Waals surface area (Å²) in [5, 5.41) is 2.39. The first-order valence-electron chi connectivity index (χ1n) is 10.9. The van der Waals surface area contributed by atoms with E-state index in [1.54, 1.807) is 6.20 Å². The largest absolute Gasteiger partial charge is 0.453 e. The van der Waals surface area contributed by atoms with E-state index in [0.29, 0.717) is 0 Å². The summed E-state index contributed by atoms with van der Waals surface area (Å²) in [4.78, 5) is 11.8. The molecule has 3 heterocycles. The number of rotatable bonds is 2. The molecule has 7 rings (SSSR count). The van der Waals surface area contributed by atoms with E-state index in [4.69, 9.17) is 9.72 Å². The third kappa shape index (κ3) is 2.66. The first kappa shape index (κ1) is 18.0. The number of aromatic nitrogens is 3. The Hall–Kier alpha value is -4.64. The van der Waals surface area contributed by atoms with Crippen LogP contribution in [0.3, 0.4) is 0 Å². The smallest absolute Gasteiger partial charge is 0.158 e. The van der Waals surface area contributed by atoms with Crippen molar-refractivity contribution in [2.24, 2.45) is 0 Å². The number of nitrogens with zero attached hydrogens (tertiary/aromatic N) is 4. The second-order valence-electron chi connectivity index (χ2n) is 7.98. The summed E-state index contributed by atoms with van der Waals surface area (Å²) < 4.78 is 8.33. The van der Waals surface area contributed by atoms with Gasteiger partial charge in [0.05, 0.1) is 34.8 Å². The van der Waals surface area contributed by atoms with E-state index in [2.05, 4.69) is 63.0 Å². The highest BCUT2D eigenvalue weighted by Crippen LogP contribution is 2.49. The Morgan fingerprint density at radius 3 is 1.70 bits per heavy atom. The van der Waals surface area contributed by atoms with Crippen molar-refractivity contribution in [1.82, 2.24) is 14.5 Å². The Bertz CT molecular complexity index is 1570. The van der Waals surface area contributed by atoms with Crippen LogP contribution in [0.4, 0.5) is 17.2 Å². The van der Waals surface area contributed by atoms with Crippen LogP contribution in [0.1, 0.15) is 0 Å². The van der Waals surface area contributed by atoms with Crippen molar-refractivity contribution in [3.63, 3.8) is 0 Å². The number of fused-ring (bicyclic) bond motifs is 5. The first-order valence-corrected chi connectivity index (χ1v) is 10.9. The van der Waals surface area contributed by atoms with Crippen molar-refractivity contribution in [3.05, 3.63) is 109 Å². The number of benzene rings is 4. The fourth-order valence-corrected chi connectivity index (χ4v) is 4.68. The maximum atomic E-state index is 6.15. The fraction of sp³-hybridized carbons (Fsp3) is 0. The predicted octanol–water partition coefficient (Wildman–Crippen LogP) is 7.15. The van der Waals surface area contributed by atoms with Crippen molar-refractivity contribution in [1.29, 1.82) is 0 Å². The Labute approximate surface area is 190 Å². The van der Waals surface area contributed by atoms with Crippen molar-refractivity contribution in [2.75, 3.05) is 4.90 Å². The molecular weight excluding hydrogens is 408 g/mol. The van der Waals surface area contributed by atoms with Gasteiger partial charge in [-0.1, -0.05) is 60.7 Å². The zero-order valence-electron chi connectivity index (χ0n) is 17.6. The molecule has 4 aromatic carbocycles. The van der Waals surface area contributed by atoms with Crippen LogP contribution in [0.15, 0.2) is 109 Å². The standard InChI is InChI=1S/C28H18N4O/c1-3-11-21-19(9-1)20-10-2-4-12-22(20)31(21)27-17-29-18-28(30-27)32-23-13-5-7-15-25(23)33-26-16-8-6-14-24(26)32/h1-18H. The molecule has 0 N–H and O–H groups in total. The summed E-state index contributed by atoms with van der Waals surface area (Å²) in [7, 11) is 0. The minimum atomic E-state index is 0.734. The highest BCUT2D eigenvalue weighted by molar-refractivity contribution is 6.09. The monoisotopic (exact) mass is 426 g/mol. The van der Waals surface area contributed by atoms with E-state index in [9.17, 15) is 0 Å². The normalized spacial score (nSPS) is 12.4. The van der Waals surface area contributed by atoms with E-state index >= 15 is 0 Å². The van der Waals surface area contributed by atoms with Gasteiger partial charge in [-0.25, -0.2) is 4.98 Å². The molecule has 0 aliphatic carbocycles. The Balaban J connectivity index is 1.48. The summed E-state index contributed by atoms with van der Waals surface area (Å²) in [6.45, 7) is 0. The molecule has 5 nitrogen and oxygen atoms in total. The summed E-state index contributed by atoms with van der Waals surface area (Å²) in [5.41, 5.74) is 4.08. The first-order chi connectivity index (χ1) is 16.4. The second-order valence-corrected chi connectivity index (χ2v) is 7.98. The van der Waals surface area contributed by atoms with Gasteiger partial charge >= 0.3 is 0 Å². The van der Waals surface area contributed by atoms with Gasteiger partial charge in [-0.2, -0.15) is 0 Å². The summed E-state index contributed by atoms with van der Waals surface area (Å²) in [6.07, 6.45) is 3.62. The number of anilines is 3. The topological polar surface area (TPSA) is 43.2 Å². The summed E-state index contributed by atoms with van der Waals surface area (Å²) >= 11 is 0. The van der Waals surface area contributed by atoms with Gasteiger partial charge in [0.15, 0.2) is 23.1 Å². The van der Waals surface area contributed by atoms with Crippen molar-refractivity contribution >= 4 is 39.0 Å². The molecule has 0 saturated heterocycles. The van der Waals surface area contributed by atoms with Crippen LogP contribution in [0.2, 0.25) is 0 Å². The average Bonchev–Trinajstić information content (AvgIpc) is 3.22. The van der Waals surface area contributed by atoms with Gasteiger partial charge in [0.2, 0.25) is 0 Å². The van der Waals surface area contributed by atoms with Crippen LogP contribution in [0, 0.1) is 0 Å². The molecule has 0 bridgehead atoms.